The third kappa shape index (κ3) is 3.26. The summed E-state index contributed by atoms with van der Waals surface area (Å²) in [6.07, 6.45) is 4.41. The number of halogens is 1. The lowest BCUT2D eigenvalue weighted by Gasteiger charge is -2.36. The predicted octanol–water partition coefficient (Wildman–Crippen LogP) is 4.20. The Balaban J connectivity index is 1.77. The smallest absolute Gasteiger partial charge is 0.226 e. The fourth-order valence-corrected chi connectivity index (χ4v) is 3.95. The summed E-state index contributed by atoms with van der Waals surface area (Å²) in [7, 11) is 0. The first-order valence-electron chi connectivity index (χ1n) is 9.02. The monoisotopic (exact) mass is 339 g/mol. The van der Waals surface area contributed by atoms with Gasteiger partial charge in [-0.25, -0.2) is 4.39 Å². The Morgan fingerprint density at radius 1 is 1.12 bits per heavy atom. The number of hydrogen-bond acceptors (Lipinski definition) is 2. The van der Waals surface area contributed by atoms with Crippen LogP contribution in [0.2, 0.25) is 0 Å². The molecule has 2 aromatic carbocycles. The Bertz CT molecular complexity index is 789. The van der Waals surface area contributed by atoms with Crippen molar-refractivity contribution in [3.05, 3.63) is 53.8 Å². The van der Waals surface area contributed by atoms with E-state index in [2.05, 4.69) is 12.1 Å². The first kappa shape index (κ1) is 16.1. The van der Waals surface area contributed by atoms with Crippen LogP contribution in [-0.2, 0) is 11.2 Å². The summed E-state index contributed by atoms with van der Waals surface area (Å²) in [6.45, 7) is 1.02. The lowest BCUT2D eigenvalue weighted by Crippen LogP contribution is -2.45. The average molecular weight is 339 g/mol. The Hall–Kier alpha value is -2.36. The molecule has 2 aromatic rings. The third-order valence-electron chi connectivity index (χ3n) is 5.19. The van der Waals surface area contributed by atoms with E-state index in [0.29, 0.717) is 0 Å². The normalized spacial score (nSPS) is 20.6. The summed E-state index contributed by atoms with van der Waals surface area (Å²) in [6, 6.07) is 13.4. The van der Waals surface area contributed by atoms with Crippen molar-refractivity contribution in [1.29, 1.82) is 0 Å². The highest BCUT2D eigenvalue weighted by Crippen LogP contribution is 2.34. The van der Waals surface area contributed by atoms with Crippen LogP contribution >= 0.6 is 0 Å². The van der Waals surface area contributed by atoms with Crippen LogP contribution in [-0.4, -0.2) is 30.0 Å². The van der Waals surface area contributed by atoms with Crippen LogP contribution in [0.1, 0.15) is 31.2 Å². The molecule has 25 heavy (non-hydrogen) atoms. The molecule has 0 unspecified atom stereocenters. The first-order valence-corrected chi connectivity index (χ1v) is 9.02. The number of piperidine rings is 1. The summed E-state index contributed by atoms with van der Waals surface area (Å²) < 4.78 is 20.0. The highest BCUT2D eigenvalue weighted by Gasteiger charge is 2.27. The molecule has 1 amide bonds. The van der Waals surface area contributed by atoms with Gasteiger partial charge >= 0.3 is 0 Å². The minimum Gasteiger partial charge on any atom is -0.489 e. The molecule has 1 fully saturated rings. The maximum absolute atomic E-state index is 14.3. The molecule has 130 valence electrons. The van der Waals surface area contributed by atoms with Crippen LogP contribution in [0.4, 0.5) is 4.39 Å². The molecule has 0 N–H and O–H groups in total. The Labute approximate surface area is 147 Å². The molecule has 2 aliphatic heterocycles. The molecule has 1 atom stereocenters. The van der Waals surface area contributed by atoms with Gasteiger partial charge in [-0.05, 0) is 42.9 Å². The second-order valence-corrected chi connectivity index (χ2v) is 6.86. The fourth-order valence-electron chi connectivity index (χ4n) is 3.95. The zero-order valence-corrected chi connectivity index (χ0v) is 14.2. The van der Waals surface area contributed by atoms with Gasteiger partial charge < -0.3 is 9.64 Å². The summed E-state index contributed by atoms with van der Waals surface area (Å²) in [5.74, 6) is -0.0363. The number of rotatable bonds is 0. The zero-order valence-electron chi connectivity index (χ0n) is 14.2. The molecule has 0 aromatic heterocycles. The van der Waals surface area contributed by atoms with E-state index in [1.54, 1.807) is 6.07 Å². The standard InChI is InChI=1S/C21H22FNO2/c22-19-9-4-8-18-16-6-3-5-15(13-16)14-17-7-1-2-11-23(17)20(24)10-12-25-21(18)19/h3-6,8-9,13,17H,1-2,7,10-12,14H2/t17-/m1/s1. The van der Waals surface area contributed by atoms with Gasteiger partial charge in [0.15, 0.2) is 11.6 Å². The summed E-state index contributed by atoms with van der Waals surface area (Å²) in [4.78, 5) is 14.6. The molecular weight excluding hydrogens is 317 g/mol. The maximum atomic E-state index is 14.3. The third-order valence-corrected chi connectivity index (χ3v) is 5.19. The minimum absolute atomic E-state index is 0.110. The van der Waals surface area contributed by atoms with Crippen molar-refractivity contribution >= 4 is 5.91 Å². The molecule has 4 heteroatoms. The van der Waals surface area contributed by atoms with Crippen molar-refractivity contribution in [3.63, 3.8) is 0 Å². The summed E-state index contributed by atoms with van der Waals surface area (Å²) in [5.41, 5.74) is 2.88. The molecule has 3 nitrogen and oxygen atoms in total. The Morgan fingerprint density at radius 3 is 2.92 bits per heavy atom. The van der Waals surface area contributed by atoms with Crippen LogP contribution in [0.3, 0.4) is 0 Å². The lowest BCUT2D eigenvalue weighted by atomic mass is 9.93. The molecule has 0 saturated carbocycles. The van der Waals surface area contributed by atoms with E-state index in [-0.39, 0.29) is 36.5 Å². The van der Waals surface area contributed by atoms with Gasteiger partial charge in [0.1, 0.15) is 0 Å². The number of benzene rings is 2. The number of hydrogen-bond donors (Lipinski definition) is 0. The van der Waals surface area contributed by atoms with Gasteiger partial charge in [-0.15, -0.1) is 0 Å². The van der Waals surface area contributed by atoms with Gasteiger partial charge in [0, 0.05) is 18.2 Å². The molecular formula is C21H22FNO2. The SMILES string of the molecule is O=C1CCOc2c(F)cccc2-c2cccc(c2)C[C@H]2CCCCN12. The second-order valence-electron chi connectivity index (χ2n) is 6.86. The van der Waals surface area contributed by atoms with Crippen LogP contribution in [0.15, 0.2) is 42.5 Å². The van der Waals surface area contributed by atoms with Crippen molar-refractivity contribution in [2.24, 2.45) is 0 Å². The van der Waals surface area contributed by atoms with Gasteiger partial charge in [0.05, 0.1) is 13.0 Å². The van der Waals surface area contributed by atoms with E-state index < -0.39 is 0 Å². The topological polar surface area (TPSA) is 29.5 Å². The van der Waals surface area contributed by atoms with E-state index in [1.807, 2.05) is 23.1 Å². The molecule has 2 bridgehead atoms. The van der Waals surface area contributed by atoms with Crippen LogP contribution in [0.25, 0.3) is 11.1 Å². The molecule has 0 spiro atoms. The number of nitrogens with zero attached hydrogens (tertiary/aromatic N) is 1. The number of carbonyl (C=O) groups excluding carboxylic acids is 1. The molecule has 1 saturated heterocycles. The van der Waals surface area contributed by atoms with Crippen LogP contribution in [0.5, 0.6) is 5.75 Å². The van der Waals surface area contributed by atoms with E-state index >= 15 is 0 Å². The van der Waals surface area contributed by atoms with Gasteiger partial charge in [-0.1, -0.05) is 36.4 Å². The Morgan fingerprint density at radius 2 is 2.00 bits per heavy atom. The van der Waals surface area contributed by atoms with Gasteiger partial charge in [-0.3, -0.25) is 4.79 Å². The van der Waals surface area contributed by atoms with Crippen molar-refractivity contribution in [3.8, 4) is 16.9 Å². The molecule has 2 aliphatic rings. The Kier molecular flexibility index (Phi) is 4.43. The summed E-state index contributed by atoms with van der Waals surface area (Å²) >= 11 is 0. The largest absolute Gasteiger partial charge is 0.489 e. The van der Waals surface area contributed by atoms with Crippen molar-refractivity contribution in [2.45, 2.75) is 38.1 Å². The van der Waals surface area contributed by atoms with Gasteiger partial charge in [0.2, 0.25) is 5.91 Å². The maximum Gasteiger partial charge on any atom is 0.226 e. The van der Waals surface area contributed by atoms with Gasteiger partial charge in [0.25, 0.3) is 0 Å². The number of fused-ring (bicyclic) bond motifs is 5. The van der Waals surface area contributed by atoms with E-state index in [1.165, 1.54) is 18.1 Å². The van der Waals surface area contributed by atoms with E-state index in [4.69, 9.17) is 4.74 Å². The highest BCUT2D eigenvalue weighted by molar-refractivity contribution is 5.77. The predicted molar refractivity (Wildman–Crippen MR) is 95.0 cm³/mol. The zero-order chi connectivity index (χ0) is 17.2. The van der Waals surface area contributed by atoms with Gasteiger partial charge in [-0.2, -0.15) is 0 Å². The molecule has 2 heterocycles. The molecule has 4 rings (SSSR count). The van der Waals surface area contributed by atoms with E-state index in [0.717, 1.165) is 36.9 Å². The fraction of sp³-hybridized carbons (Fsp3) is 0.381. The quantitative estimate of drug-likeness (QED) is 0.720. The molecule has 0 aliphatic carbocycles. The lowest BCUT2D eigenvalue weighted by molar-refractivity contribution is -0.135. The minimum atomic E-state index is -0.386. The van der Waals surface area contributed by atoms with E-state index in [9.17, 15) is 9.18 Å². The van der Waals surface area contributed by atoms with Crippen molar-refractivity contribution in [2.75, 3.05) is 13.2 Å². The highest BCUT2D eigenvalue weighted by atomic mass is 19.1. The number of para-hydroxylation sites is 1. The van der Waals surface area contributed by atoms with Crippen LogP contribution < -0.4 is 4.74 Å². The molecule has 0 radical (unpaired) electrons. The number of carbonyl (C=O) groups is 1. The average Bonchev–Trinajstić information content (AvgIpc) is 2.63. The second kappa shape index (κ2) is 6.87. The van der Waals surface area contributed by atoms with Crippen molar-refractivity contribution in [1.82, 2.24) is 4.90 Å². The summed E-state index contributed by atoms with van der Waals surface area (Å²) in [5, 5.41) is 0. The van der Waals surface area contributed by atoms with Crippen molar-refractivity contribution < 1.29 is 13.9 Å². The van der Waals surface area contributed by atoms with Crippen LogP contribution in [0, 0.1) is 5.82 Å². The number of ether oxygens (including phenoxy) is 1. The first-order chi connectivity index (χ1) is 12.2. The number of amides is 1.